The number of hydrogen-bond acceptors (Lipinski definition) is 2. The van der Waals surface area contributed by atoms with Gasteiger partial charge in [-0.15, -0.1) is 0 Å². The summed E-state index contributed by atoms with van der Waals surface area (Å²) >= 11 is 0. The zero-order chi connectivity index (χ0) is 15.6. The van der Waals surface area contributed by atoms with Crippen molar-refractivity contribution in [3.63, 3.8) is 0 Å². The maximum absolute atomic E-state index is 4.24. The molecule has 0 saturated heterocycles. The van der Waals surface area contributed by atoms with Crippen LogP contribution in [0.25, 0.3) is 0 Å². The minimum atomic E-state index is 0.851. The summed E-state index contributed by atoms with van der Waals surface area (Å²) in [5.74, 6) is 0.858. The molecule has 22 heavy (non-hydrogen) atoms. The summed E-state index contributed by atoms with van der Waals surface area (Å²) in [6.45, 7) is 1.77. The van der Waals surface area contributed by atoms with Gasteiger partial charge in [-0.1, -0.05) is 30.3 Å². The summed E-state index contributed by atoms with van der Waals surface area (Å²) in [4.78, 5) is 4.24. The minimum absolute atomic E-state index is 0.851. The molecule has 1 aromatic carbocycles. The van der Waals surface area contributed by atoms with Gasteiger partial charge in [-0.2, -0.15) is 5.10 Å². The molecule has 0 aliphatic carbocycles. The van der Waals surface area contributed by atoms with E-state index in [0.717, 1.165) is 38.3 Å². The number of nitrogens with one attached hydrogen (secondary N) is 2. The van der Waals surface area contributed by atoms with E-state index in [-0.39, 0.29) is 0 Å². The van der Waals surface area contributed by atoms with E-state index in [2.05, 4.69) is 51.1 Å². The summed E-state index contributed by atoms with van der Waals surface area (Å²) in [5, 5.41) is 10.8. The number of aliphatic imine (C=N–C) groups is 1. The molecule has 1 aromatic heterocycles. The van der Waals surface area contributed by atoms with Gasteiger partial charge < -0.3 is 10.6 Å². The summed E-state index contributed by atoms with van der Waals surface area (Å²) in [5.41, 5.74) is 2.61. The highest BCUT2D eigenvalue weighted by atomic mass is 15.2. The molecule has 0 atom stereocenters. The van der Waals surface area contributed by atoms with Crippen LogP contribution in [-0.4, -0.2) is 35.9 Å². The number of benzene rings is 1. The van der Waals surface area contributed by atoms with Crippen LogP contribution < -0.4 is 10.6 Å². The van der Waals surface area contributed by atoms with Crippen LogP contribution in [0.5, 0.6) is 0 Å². The number of nitrogens with zero attached hydrogens (tertiary/aromatic N) is 3. The molecule has 2 rings (SSSR count). The number of hydrogen-bond donors (Lipinski definition) is 2. The average Bonchev–Trinajstić information content (AvgIpc) is 2.96. The molecule has 0 aliphatic rings. The highest BCUT2D eigenvalue weighted by Gasteiger charge is 1.99. The molecule has 0 bridgehead atoms. The number of guanidine groups is 1. The Bertz CT molecular complexity index is 574. The third-order valence-corrected chi connectivity index (χ3v) is 3.47. The predicted molar refractivity (Wildman–Crippen MR) is 91.0 cm³/mol. The maximum atomic E-state index is 4.24. The van der Waals surface area contributed by atoms with E-state index >= 15 is 0 Å². The lowest BCUT2D eigenvalue weighted by atomic mass is 10.1. The summed E-state index contributed by atoms with van der Waals surface area (Å²) < 4.78 is 1.83. The molecule has 0 aliphatic heterocycles. The van der Waals surface area contributed by atoms with Gasteiger partial charge in [0, 0.05) is 33.4 Å². The van der Waals surface area contributed by atoms with Gasteiger partial charge in [0.05, 0.1) is 6.20 Å². The zero-order valence-corrected chi connectivity index (χ0v) is 13.4. The lowest BCUT2D eigenvalue weighted by Gasteiger charge is -2.11. The van der Waals surface area contributed by atoms with Gasteiger partial charge in [-0.3, -0.25) is 9.67 Å². The molecule has 0 saturated carbocycles. The first-order chi connectivity index (χ1) is 10.8. The molecule has 2 aromatic rings. The molecule has 0 unspecified atom stereocenters. The van der Waals surface area contributed by atoms with Gasteiger partial charge in [0.1, 0.15) is 0 Å². The van der Waals surface area contributed by atoms with Crippen molar-refractivity contribution in [2.45, 2.75) is 19.3 Å². The summed E-state index contributed by atoms with van der Waals surface area (Å²) in [6.07, 6.45) is 7.06. The Hall–Kier alpha value is -2.30. The van der Waals surface area contributed by atoms with Gasteiger partial charge in [0.25, 0.3) is 0 Å². The van der Waals surface area contributed by atoms with Crippen molar-refractivity contribution in [2.24, 2.45) is 12.0 Å². The molecule has 5 heteroatoms. The van der Waals surface area contributed by atoms with Crippen molar-refractivity contribution in [1.29, 1.82) is 0 Å². The predicted octanol–water partition coefficient (Wildman–Crippen LogP) is 1.76. The Balaban J connectivity index is 1.61. The summed E-state index contributed by atoms with van der Waals surface area (Å²) in [6, 6.07) is 10.6. The third kappa shape index (κ3) is 5.60. The van der Waals surface area contributed by atoms with Gasteiger partial charge >= 0.3 is 0 Å². The Morgan fingerprint density at radius 2 is 1.86 bits per heavy atom. The smallest absolute Gasteiger partial charge is 0.190 e. The fraction of sp³-hybridized carbons (Fsp3) is 0.412. The lowest BCUT2D eigenvalue weighted by Crippen LogP contribution is -2.38. The fourth-order valence-corrected chi connectivity index (χ4v) is 2.29. The molecule has 0 radical (unpaired) electrons. The van der Waals surface area contributed by atoms with Crippen LogP contribution in [-0.2, 0) is 19.9 Å². The molecule has 1 heterocycles. The second-order valence-corrected chi connectivity index (χ2v) is 5.29. The van der Waals surface area contributed by atoms with Crippen LogP contribution in [0.1, 0.15) is 17.5 Å². The molecule has 0 fully saturated rings. The van der Waals surface area contributed by atoms with Gasteiger partial charge in [0.15, 0.2) is 5.96 Å². The van der Waals surface area contributed by atoms with Crippen molar-refractivity contribution < 1.29 is 0 Å². The number of aromatic nitrogens is 2. The van der Waals surface area contributed by atoms with E-state index in [1.54, 1.807) is 7.05 Å². The van der Waals surface area contributed by atoms with E-state index in [1.807, 2.05) is 24.1 Å². The van der Waals surface area contributed by atoms with Crippen molar-refractivity contribution in [2.75, 3.05) is 20.1 Å². The monoisotopic (exact) mass is 299 g/mol. The minimum Gasteiger partial charge on any atom is -0.356 e. The zero-order valence-electron chi connectivity index (χ0n) is 13.4. The molecule has 118 valence electrons. The van der Waals surface area contributed by atoms with Crippen LogP contribution in [0.4, 0.5) is 0 Å². The topological polar surface area (TPSA) is 54.2 Å². The molecular formula is C17H25N5. The second-order valence-electron chi connectivity index (χ2n) is 5.29. The van der Waals surface area contributed by atoms with Crippen molar-refractivity contribution in [3.8, 4) is 0 Å². The Kier molecular flexibility index (Phi) is 6.48. The first kappa shape index (κ1) is 16.1. The largest absolute Gasteiger partial charge is 0.356 e. The first-order valence-electron chi connectivity index (χ1n) is 7.74. The van der Waals surface area contributed by atoms with Crippen molar-refractivity contribution in [3.05, 3.63) is 53.9 Å². The highest BCUT2D eigenvalue weighted by Crippen LogP contribution is 2.01. The SMILES string of the molecule is CN=C(NCCCc1ccccc1)NCCc1cnn(C)c1. The Labute approximate surface area is 132 Å². The highest BCUT2D eigenvalue weighted by molar-refractivity contribution is 5.79. The normalized spacial score (nSPS) is 11.5. The average molecular weight is 299 g/mol. The van der Waals surface area contributed by atoms with Crippen molar-refractivity contribution >= 4 is 5.96 Å². The van der Waals surface area contributed by atoms with E-state index in [1.165, 1.54) is 11.1 Å². The number of rotatable bonds is 7. The van der Waals surface area contributed by atoms with E-state index in [0.29, 0.717) is 0 Å². The number of aryl methyl sites for hydroxylation is 2. The van der Waals surface area contributed by atoms with Gasteiger partial charge in [0.2, 0.25) is 0 Å². The maximum Gasteiger partial charge on any atom is 0.190 e. The van der Waals surface area contributed by atoms with Crippen LogP contribution in [0.15, 0.2) is 47.7 Å². The second kappa shape index (κ2) is 8.87. The van der Waals surface area contributed by atoms with Gasteiger partial charge in [-0.05, 0) is 30.4 Å². The fourth-order valence-electron chi connectivity index (χ4n) is 2.29. The summed E-state index contributed by atoms with van der Waals surface area (Å²) in [7, 11) is 3.74. The standard InChI is InChI=1S/C17H25N5/c1-18-17(20-12-10-16-13-21-22(2)14-16)19-11-6-9-15-7-4-3-5-8-15/h3-5,7-8,13-14H,6,9-12H2,1-2H3,(H2,18,19,20). The molecule has 0 spiro atoms. The van der Waals surface area contributed by atoms with Crippen LogP contribution >= 0.6 is 0 Å². The van der Waals surface area contributed by atoms with E-state index in [4.69, 9.17) is 0 Å². The Morgan fingerprint density at radius 3 is 2.55 bits per heavy atom. The first-order valence-corrected chi connectivity index (χ1v) is 7.74. The van der Waals surface area contributed by atoms with Crippen LogP contribution in [0.3, 0.4) is 0 Å². The Morgan fingerprint density at radius 1 is 1.09 bits per heavy atom. The van der Waals surface area contributed by atoms with Crippen LogP contribution in [0.2, 0.25) is 0 Å². The molecular weight excluding hydrogens is 274 g/mol. The van der Waals surface area contributed by atoms with E-state index < -0.39 is 0 Å². The van der Waals surface area contributed by atoms with Gasteiger partial charge in [-0.25, -0.2) is 0 Å². The van der Waals surface area contributed by atoms with E-state index in [9.17, 15) is 0 Å². The quantitative estimate of drug-likeness (QED) is 0.465. The molecule has 2 N–H and O–H groups in total. The third-order valence-electron chi connectivity index (χ3n) is 3.47. The molecule has 5 nitrogen and oxygen atoms in total. The van der Waals surface area contributed by atoms with Crippen LogP contribution in [0, 0.1) is 0 Å². The lowest BCUT2D eigenvalue weighted by molar-refractivity contribution is 0.738. The molecule has 0 amide bonds. The van der Waals surface area contributed by atoms with Crippen molar-refractivity contribution in [1.82, 2.24) is 20.4 Å².